The van der Waals surface area contributed by atoms with Crippen LogP contribution in [0.2, 0.25) is 0 Å². The van der Waals surface area contributed by atoms with Crippen molar-refractivity contribution in [2.24, 2.45) is 11.7 Å². The molecule has 106 valence electrons. The van der Waals surface area contributed by atoms with E-state index in [0.717, 1.165) is 12.5 Å². The van der Waals surface area contributed by atoms with Crippen LogP contribution in [0, 0.1) is 5.92 Å². The molecule has 0 bridgehead atoms. The minimum atomic E-state index is -0.870. The van der Waals surface area contributed by atoms with Crippen molar-refractivity contribution < 1.29 is 9.53 Å². The zero-order valence-electron chi connectivity index (χ0n) is 12.2. The smallest absolute Gasteiger partial charge is 0.325 e. The maximum Gasteiger partial charge on any atom is 0.325 e. The molecule has 0 aromatic heterocycles. The van der Waals surface area contributed by atoms with Gasteiger partial charge in [0.25, 0.3) is 0 Å². The lowest BCUT2D eigenvalue weighted by atomic mass is 9.86. The van der Waals surface area contributed by atoms with Gasteiger partial charge in [-0.05, 0) is 52.0 Å². The van der Waals surface area contributed by atoms with Gasteiger partial charge in [0.2, 0.25) is 0 Å². The minimum Gasteiger partial charge on any atom is -0.468 e. The predicted molar refractivity (Wildman–Crippen MR) is 73.3 cm³/mol. The third-order valence-corrected chi connectivity index (χ3v) is 4.24. The topological polar surface area (TPSA) is 55.6 Å². The Kier molecular flexibility index (Phi) is 5.60. The van der Waals surface area contributed by atoms with Crippen LogP contribution in [0.15, 0.2) is 0 Å². The molecule has 1 fully saturated rings. The summed E-state index contributed by atoms with van der Waals surface area (Å²) in [5, 5.41) is 0. The van der Waals surface area contributed by atoms with Gasteiger partial charge in [0.1, 0.15) is 5.54 Å². The molecule has 1 atom stereocenters. The van der Waals surface area contributed by atoms with Crippen molar-refractivity contribution in [2.45, 2.75) is 57.5 Å². The molecule has 0 aliphatic heterocycles. The lowest BCUT2D eigenvalue weighted by Crippen LogP contribution is -2.49. The quantitative estimate of drug-likeness (QED) is 0.762. The Bertz CT molecular complexity index is 271. The fourth-order valence-electron chi connectivity index (χ4n) is 2.61. The molecule has 0 aromatic carbocycles. The second-order valence-electron chi connectivity index (χ2n) is 6.05. The molecular weight excluding hydrogens is 228 g/mol. The molecule has 18 heavy (non-hydrogen) atoms. The predicted octanol–water partition coefficient (Wildman–Crippen LogP) is 1.78. The average Bonchev–Trinajstić information content (AvgIpc) is 2.35. The van der Waals surface area contributed by atoms with Crippen LogP contribution in [0.1, 0.15) is 46.0 Å². The number of carbonyl (C=O) groups is 1. The number of hydrogen-bond donors (Lipinski definition) is 1. The van der Waals surface area contributed by atoms with E-state index in [-0.39, 0.29) is 5.97 Å². The minimum absolute atomic E-state index is 0.326. The number of rotatable bonds is 5. The molecular formula is C14H28N2O2. The Balaban J connectivity index is 2.36. The van der Waals surface area contributed by atoms with Crippen molar-refractivity contribution in [3.8, 4) is 0 Å². The molecule has 0 radical (unpaired) electrons. The van der Waals surface area contributed by atoms with E-state index in [0.29, 0.717) is 12.5 Å². The number of hydrogen-bond acceptors (Lipinski definition) is 4. The number of methoxy groups -OCH3 is 1. The van der Waals surface area contributed by atoms with E-state index in [1.807, 2.05) is 0 Å². The van der Waals surface area contributed by atoms with Crippen LogP contribution >= 0.6 is 0 Å². The highest BCUT2D eigenvalue weighted by Gasteiger charge is 2.30. The van der Waals surface area contributed by atoms with E-state index in [9.17, 15) is 4.79 Å². The molecule has 4 heteroatoms. The van der Waals surface area contributed by atoms with Crippen molar-refractivity contribution in [1.29, 1.82) is 0 Å². The van der Waals surface area contributed by atoms with Crippen LogP contribution in [0.3, 0.4) is 0 Å². The summed E-state index contributed by atoms with van der Waals surface area (Å²) in [5.74, 6) is 0.539. The molecule has 0 heterocycles. The van der Waals surface area contributed by atoms with Crippen molar-refractivity contribution >= 4 is 5.97 Å². The van der Waals surface area contributed by atoms with Crippen LogP contribution in [0.4, 0.5) is 0 Å². The summed E-state index contributed by atoms with van der Waals surface area (Å²) in [6, 6.07) is 0.648. The van der Waals surface area contributed by atoms with E-state index in [2.05, 4.69) is 18.9 Å². The Morgan fingerprint density at radius 1 is 1.39 bits per heavy atom. The summed E-state index contributed by atoms with van der Waals surface area (Å²) in [7, 11) is 3.52. The number of nitrogens with two attached hydrogens (primary N) is 1. The standard InChI is InChI=1S/C14H28N2O2/c1-11-5-7-12(8-6-11)16(3)10-9-14(2,15)13(17)18-4/h11-12H,5-10,15H2,1-4H3. The highest BCUT2D eigenvalue weighted by Crippen LogP contribution is 2.26. The van der Waals surface area contributed by atoms with Crippen LogP contribution in [0.25, 0.3) is 0 Å². The first-order valence-electron chi connectivity index (χ1n) is 6.94. The number of nitrogens with zero attached hydrogens (tertiary/aromatic N) is 1. The van der Waals surface area contributed by atoms with E-state index < -0.39 is 5.54 Å². The second kappa shape index (κ2) is 6.53. The Morgan fingerprint density at radius 2 is 1.94 bits per heavy atom. The Hall–Kier alpha value is -0.610. The second-order valence-corrected chi connectivity index (χ2v) is 6.05. The number of esters is 1. The van der Waals surface area contributed by atoms with Gasteiger partial charge in [-0.1, -0.05) is 6.92 Å². The van der Waals surface area contributed by atoms with Crippen LogP contribution in [-0.2, 0) is 9.53 Å². The summed E-state index contributed by atoms with van der Waals surface area (Å²) in [6.45, 7) is 4.92. The summed E-state index contributed by atoms with van der Waals surface area (Å²) < 4.78 is 4.72. The number of carbonyl (C=O) groups excluding carboxylic acids is 1. The van der Waals surface area contributed by atoms with Crippen molar-refractivity contribution in [3.63, 3.8) is 0 Å². The highest BCUT2D eigenvalue weighted by molar-refractivity contribution is 5.79. The normalized spacial score (nSPS) is 27.9. The third kappa shape index (κ3) is 4.25. The van der Waals surface area contributed by atoms with E-state index >= 15 is 0 Å². The molecule has 0 spiro atoms. The van der Waals surface area contributed by atoms with Crippen molar-refractivity contribution in [2.75, 3.05) is 20.7 Å². The summed E-state index contributed by atoms with van der Waals surface area (Å²) >= 11 is 0. The van der Waals surface area contributed by atoms with Gasteiger partial charge in [0.15, 0.2) is 0 Å². The first-order valence-corrected chi connectivity index (χ1v) is 6.94. The molecule has 2 N–H and O–H groups in total. The molecule has 1 aliphatic rings. The van der Waals surface area contributed by atoms with Gasteiger partial charge in [-0.2, -0.15) is 0 Å². The van der Waals surface area contributed by atoms with Crippen molar-refractivity contribution in [1.82, 2.24) is 4.90 Å². The molecule has 0 saturated heterocycles. The Morgan fingerprint density at radius 3 is 2.44 bits per heavy atom. The molecule has 4 nitrogen and oxygen atoms in total. The lowest BCUT2D eigenvalue weighted by Gasteiger charge is -2.35. The molecule has 1 aliphatic carbocycles. The van der Waals surface area contributed by atoms with Crippen LogP contribution < -0.4 is 5.73 Å². The Labute approximate surface area is 111 Å². The van der Waals surface area contributed by atoms with Crippen molar-refractivity contribution in [3.05, 3.63) is 0 Å². The average molecular weight is 256 g/mol. The monoisotopic (exact) mass is 256 g/mol. The fraction of sp³-hybridized carbons (Fsp3) is 0.929. The summed E-state index contributed by atoms with van der Waals surface area (Å²) in [6.07, 6.45) is 5.79. The summed E-state index contributed by atoms with van der Waals surface area (Å²) in [5.41, 5.74) is 5.10. The van der Waals surface area contributed by atoms with Gasteiger partial charge in [-0.25, -0.2) is 0 Å². The molecule has 1 rings (SSSR count). The highest BCUT2D eigenvalue weighted by atomic mass is 16.5. The van der Waals surface area contributed by atoms with Crippen LogP contribution in [-0.4, -0.2) is 43.2 Å². The SMILES string of the molecule is COC(=O)C(C)(N)CCN(C)C1CCC(C)CC1. The van der Waals surface area contributed by atoms with Gasteiger partial charge in [0.05, 0.1) is 7.11 Å². The van der Waals surface area contributed by atoms with Gasteiger partial charge in [0, 0.05) is 12.6 Å². The molecule has 1 saturated carbocycles. The summed E-state index contributed by atoms with van der Waals surface area (Å²) in [4.78, 5) is 13.8. The van der Waals surface area contributed by atoms with E-state index in [1.54, 1.807) is 6.92 Å². The van der Waals surface area contributed by atoms with Gasteiger partial charge in [-0.3, -0.25) is 4.79 Å². The largest absolute Gasteiger partial charge is 0.468 e. The zero-order chi connectivity index (χ0) is 13.8. The third-order valence-electron chi connectivity index (χ3n) is 4.24. The maximum absolute atomic E-state index is 11.5. The van der Waals surface area contributed by atoms with E-state index in [4.69, 9.17) is 10.5 Å². The zero-order valence-corrected chi connectivity index (χ0v) is 12.2. The number of ether oxygens (including phenoxy) is 1. The van der Waals surface area contributed by atoms with Gasteiger partial charge in [-0.15, -0.1) is 0 Å². The van der Waals surface area contributed by atoms with E-state index in [1.165, 1.54) is 32.8 Å². The molecule has 1 unspecified atom stereocenters. The maximum atomic E-state index is 11.5. The van der Waals surface area contributed by atoms with Gasteiger partial charge >= 0.3 is 5.97 Å². The fourth-order valence-corrected chi connectivity index (χ4v) is 2.61. The van der Waals surface area contributed by atoms with Crippen LogP contribution in [0.5, 0.6) is 0 Å². The first-order chi connectivity index (χ1) is 8.36. The molecule has 0 aromatic rings. The first kappa shape index (κ1) is 15.4. The van der Waals surface area contributed by atoms with Gasteiger partial charge < -0.3 is 15.4 Å². The molecule has 0 amide bonds. The lowest BCUT2D eigenvalue weighted by molar-refractivity contribution is -0.146.